The molecule has 29 heavy (non-hydrogen) atoms. The summed E-state index contributed by atoms with van der Waals surface area (Å²) in [6.45, 7) is 4.75. The third-order valence-corrected chi connectivity index (χ3v) is 6.42. The molecule has 1 aromatic heterocycles. The Morgan fingerprint density at radius 1 is 1.10 bits per heavy atom. The molecule has 0 bridgehead atoms. The van der Waals surface area contributed by atoms with Gasteiger partial charge in [0, 0.05) is 62.7 Å². The Balaban J connectivity index is 1.61. The molecule has 0 saturated carbocycles. The second-order valence-electron chi connectivity index (χ2n) is 7.04. The first-order chi connectivity index (χ1) is 13.9. The Labute approximate surface area is 171 Å². The van der Waals surface area contributed by atoms with Crippen LogP contribution in [0.25, 0.3) is 0 Å². The van der Waals surface area contributed by atoms with Crippen LogP contribution in [-0.2, 0) is 14.8 Å². The topological polar surface area (TPSA) is 93.1 Å². The van der Waals surface area contributed by atoms with Crippen molar-refractivity contribution >= 4 is 21.6 Å². The van der Waals surface area contributed by atoms with Gasteiger partial charge in [-0.2, -0.15) is 0 Å². The Hall–Kier alpha value is -2.49. The number of H-pyrrole nitrogens is 1. The minimum Gasteiger partial charge on any atom is -0.383 e. The molecule has 1 amide bonds. The highest BCUT2D eigenvalue weighted by atomic mass is 32.2. The van der Waals surface area contributed by atoms with E-state index in [4.69, 9.17) is 4.74 Å². The van der Waals surface area contributed by atoms with Crippen LogP contribution in [-0.4, -0.2) is 65.2 Å². The second-order valence-corrected chi connectivity index (χ2v) is 8.75. The van der Waals surface area contributed by atoms with Crippen molar-refractivity contribution in [3.63, 3.8) is 0 Å². The van der Waals surface area contributed by atoms with Crippen molar-refractivity contribution in [2.24, 2.45) is 0 Å². The second kappa shape index (κ2) is 9.34. The van der Waals surface area contributed by atoms with Crippen LogP contribution in [0.4, 0.5) is 5.69 Å². The molecular weight excluding hydrogens is 392 g/mol. The first kappa shape index (κ1) is 21.2. The highest BCUT2D eigenvalue weighted by Crippen LogP contribution is 2.17. The number of aromatic nitrogens is 1. The standard InChI is InChI=1S/C20H26N4O4S/c1-16(15-28-2)22-29(26,27)19-5-3-17(4-6-19)20(25)24-13-11-23(12-14-24)18-7-9-21-10-8-18/h3-10,16,22H,11-15H2,1-2H3/p+1/t16-/m1/s1. The smallest absolute Gasteiger partial charge is 0.253 e. The monoisotopic (exact) mass is 419 g/mol. The van der Waals surface area contributed by atoms with Gasteiger partial charge in [0.2, 0.25) is 10.0 Å². The van der Waals surface area contributed by atoms with Gasteiger partial charge in [-0.25, -0.2) is 18.1 Å². The van der Waals surface area contributed by atoms with Crippen LogP contribution >= 0.6 is 0 Å². The average molecular weight is 420 g/mol. The van der Waals surface area contributed by atoms with Gasteiger partial charge >= 0.3 is 0 Å². The third kappa shape index (κ3) is 5.31. The van der Waals surface area contributed by atoms with E-state index in [9.17, 15) is 13.2 Å². The van der Waals surface area contributed by atoms with E-state index < -0.39 is 10.0 Å². The fraction of sp³-hybridized carbons (Fsp3) is 0.400. The number of carbonyl (C=O) groups is 1. The highest BCUT2D eigenvalue weighted by Gasteiger charge is 2.23. The van der Waals surface area contributed by atoms with Gasteiger partial charge < -0.3 is 14.5 Å². The molecule has 1 aromatic carbocycles. The van der Waals surface area contributed by atoms with Crippen LogP contribution < -0.4 is 14.6 Å². The lowest BCUT2D eigenvalue weighted by Gasteiger charge is -2.35. The van der Waals surface area contributed by atoms with E-state index in [1.54, 1.807) is 24.0 Å². The van der Waals surface area contributed by atoms with Crippen LogP contribution in [0.2, 0.25) is 0 Å². The average Bonchev–Trinajstić information content (AvgIpc) is 2.74. The Kier molecular flexibility index (Phi) is 6.83. The number of hydrogen-bond acceptors (Lipinski definition) is 5. The van der Waals surface area contributed by atoms with Gasteiger partial charge in [-0.05, 0) is 31.2 Å². The molecule has 9 heteroatoms. The van der Waals surface area contributed by atoms with E-state index in [1.807, 2.05) is 24.5 Å². The molecule has 1 atom stereocenters. The number of benzene rings is 1. The van der Waals surface area contributed by atoms with Gasteiger partial charge in [0.1, 0.15) is 0 Å². The van der Waals surface area contributed by atoms with E-state index in [1.165, 1.54) is 19.2 Å². The van der Waals surface area contributed by atoms with Crippen molar-refractivity contribution in [3.05, 3.63) is 54.4 Å². The number of aromatic amines is 1. The Morgan fingerprint density at radius 2 is 1.72 bits per heavy atom. The highest BCUT2D eigenvalue weighted by molar-refractivity contribution is 7.89. The molecule has 1 fully saturated rings. The third-order valence-electron chi connectivity index (χ3n) is 4.82. The fourth-order valence-corrected chi connectivity index (χ4v) is 4.56. The van der Waals surface area contributed by atoms with Crippen molar-refractivity contribution in [1.82, 2.24) is 9.62 Å². The zero-order valence-electron chi connectivity index (χ0n) is 16.7. The Morgan fingerprint density at radius 3 is 2.31 bits per heavy atom. The molecule has 0 radical (unpaired) electrons. The summed E-state index contributed by atoms with van der Waals surface area (Å²) < 4.78 is 32.3. The van der Waals surface area contributed by atoms with Crippen LogP contribution in [0.1, 0.15) is 17.3 Å². The van der Waals surface area contributed by atoms with Crippen molar-refractivity contribution < 1.29 is 22.9 Å². The number of pyridine rings is 1. The fourth-order valence-electron chi connectivity index (χ4n) is 3.33. The van der Waals surface area contributed by atoms with Gasteiger partial charge in [-0.1, -0.05) is 0 Å². The molecular formula is C20H27N4O4S+. The minimum absolute atomic E-state index is 0.0873. The number of nitrogens with zero attached hydrogens (tertiary/aromatic N) is 2. The molecule has 1 aliphatic rings. The normalized spacial score (nSPS) is 15.9. The van der Waals surface area contributed by atoms with Crippen LogP contribution in [0, 0.1) is 0 Å². The number of sulfonamides is 1. The molecule has 2 aromatic rings. The van der Waals surface area contributed by atoms with Gasteiger partial charge in [0.15, 0.2) is 12.4 Å². The van der Waals surface area contributed by atoms with Crippen molar-refractivity contribution in [1.29, 1.82) is 0 Å². The van der Waals surface area contributed by atoms with Gasteiger partial charge in [0.25, 0.3) is 5.91 Å². The SMILES string of the molecule is COC[C@@H](C)NS(=O)(=O)c1ccc(C(=O)N2CCN(c3cc[nH+]cc3)CC2)cc1. The predicted octanol–water partition coefficient (Wildman–Crippen LogP) is 0.776. The molecule has 156 valence electrons. The molecule has 3 rings (SSSR count). The first-order valence-corrected chi connectivity index (χ1v) is 11.0. The lowest BCUT2D eigenvalue weighted by molar-refractivity contribution is -0.377. The molecule has 1 aliphatic heterocycles. The number of piperazine rings is 1. The zero-order valence-corrected chi connectivity index (χ0v) is 17.5. The van der Waals surface area contributed by atoms with E-state index in [-0.39, 0.29) is 23.5 Å². The van der Waals surface area contributed by atoms with Crippen molar-refractivity contribution in [3.8, 4) is 0 Å². The number of anilines is 1. The molecule has 2 N–H and O–H groups in total. The zero-order chi connectivity index (χ0) is 20.9. The summed E-state index contributed by atoms with van der Waals surface area (Å²) in [6.07, 6.45) is 3.76. The summed E-state index contributed by atoms with van der Waals surface area (Å²) in [6, 6.07) is 9.74. The van der Waals surface area contributed by atoms with Gasteiger partial charge in [-0.15, -0.1) is 0 Å². The number of ether oxygens (including phenoxy) is 1. The number of nitrogens with one attached hydrogen (secondary N) is 2. The van der Waals surface area contributed by atoms with Gasteiger partial charge in [-0.3, -0.25) is 4.79 Å². The number of methoxy groups -OCH3 is 1. The maximum Gasteiger partial charge on any atom is 0.253 e. The number of rotatable bonds is 7. The minimum atomic E-state index is -3.65. The Bertz CT molecular complexity index is 911. The molecule has 0 spiro atoms. The van der Waals surface area contributed by atoms with E-state index in [2.05, 4.69) is 14.6 Å². The van der Waals surface area contributed by atoms with Crippen LogP contribution in [0.5, 0.6) is 0 Å². The lowest BCUT2D eigenvalue weighted by atomic mass is 10.2. The summed E-state index contributed by atoms with van der Waals surface area (Å²) in [5.41, 5.74) is 1.61. The van der Waals surface area contributed by atoms with E-state index >= 15 is 0 Å². The summed E-state index contributed by atoms with van der Waals surface area (Å²) in [4.78, 5) is 20.0. The van der Waals surface area contributed by atoms with Crippen molar-refractivity contribution in [2.75, 3.05) is 44.8 Å². The summed E-state index contributed by atoms with van der Waals surface area (Å²) in [7, 11) is -2.13. The van der Waals surface area contributed by atoms with Crippen LogP contribution in [0.3, 0.4) is 0 Å². The van der Waals surface area contributed by atoms with E-state index in [0.29, 0.717) is 18.7 Å². The maximum atomic E-state index is 12.8. The first-order valence-electron chi connectivity index (χ1n) is 9.52. The summed E-state index contributed by atoms with van der Waals surface area (Å²) >= 11 is 0. The maximum absolute atomic E-state index is 12.8. The summed E-state index contributed by atoms with van der Waals surface area (Å²) in [5.74, 6) is -0.0873. The molecule has 0 unspecified atom stereocenters. The number of amides is 1. The van der Waals surface area contributed by atoms with Gasteiger partial charge in [0.05, 0.1) is 11.5 Å². The van der Waals surface area contributed by atoms with Crippen molar-refractivity contribution in [2.45, 2.75) is 17.9 Å². The van der Waals surface area contributed by atoms with E-state index in [0.717, 1.165) is 18.8 Å². The molecule has 0 aliphatic carbocycles. The molecule has 8 nitrogen and oxygen atoms in total. The molecule has 2 heterocycles. The summed E-state index contributed by atoms with van der Waals surface area (Å²) in [5, 5.41) is 0. The number of hydrogen-bond donors (Lipinski definition) is 1. The predicted molar refractivity (Wildman–Crippen MR) is 109 cm³/mol. The molecule has 1 saturated heterocycles. The largest absolute Gasteiger partial charge is 0.383 e. The lowest BCUT2D eigenvalue weighted by Crippen LogP contribution is -2.48. The number of carbonyl (C=O) groups excluding carboxylic acids is 1. The van der Waals surface area contributed by atoms with Crippen LogP contribution in [0.15, 0.2) is 53.7 Å². The quantitative estimate of drug-likeness (QED) is 0.716.